The third kappa shape index (κ3) is 5.35. The highest BCUT2D eigenvalue weighted by Crippen LogP contribution is 2.17. The van der Waals surface area contributed by atoms with Gasteiger partial charge in [0.05, 0.1) is 12.4 Å². The first-order valence-electron chi connectivity index (χ1n) is 7.49. The van der Waals surface area contributed by atoms with Crippen LogP contribution in [-0.2, 0) is 15.6 Å². The molecule has 0 fully saturated rings. The van der Waals surface area contributed by atoms with Crippen molar-refractivity contribution in [3.63, 3.8) is 0 Å². The summed E-state index contributed by atoms with van der Waals surface area (Å²) in [7, 11) is -1.36. The highest BCUT2D eigenvalue weighted by Gasteiger charge is 2.24. The Bertz CT molecular complexity index is 720. The lowest BCUT2D eigenvalue weighted by Gasteiger charge is -2.14. The molecular weight excluding hydrogens is 352 g/mol. The summed E-state index contributed by atoms with van der Waals surface area (Å²) in [5.41, 5.74) is 0. The van der Waals surface area contributed by atoms with Crippen molar-refractivity contribution in [2.75, 3.05) is 17.7 Å². The molecule has 1 aromatic heterocycles. The van der Waals surface area contributed by atoms with Crippen LogP contribution in [0.1, 0.15) is 19.1 Å². The van der Waals surface area contributed by atoms with Crippen molar-refractivity contribution in [2.45, 2.75) is 25.5 Å². The molecule has 2 atom stereocenters. The molecule has 0 bridgehead atoms. The molecule has 0 spiro atoms. The van der Waals surface area contributed by atoms with E-state index in [1.54, 1.807) is 37.3 Å². The Labute approximate surface area is 148 Å². The number of amides is 1. The number of carbonyl (C=O) groups excluding carboxylic acids is 1. The van der Waals surface area contributed by atoms with Crippen LogP contribution >= 0.6 is 11.6 Å². The van der Waals surface area contributed by atoms with Crippen LogP contribution in [0.3, 0.4) is 0 Å². The van der Waals surface area contributed by atoms with Gasteiger partial charge in [-0.25, -0.2) is 0 Å². The highest BCUT2D eigenvalue weighted by atomic mass is 35.5. The van der Waals surface area contributed by atoms with Crippen LogP contribution in [0.2, 0.25) is 5.02 Å². The van der Waals surface area contributed by atoms with Crippen molar-refractivity contribution in [1.82, 2.24) is 5.16 Å². The third-order valence-corrected chi connectivity index (χ3v) is 5.20. The quantitative estimate of drug-likeness (QED) is 0.771. The first-order valence-corrected chi connectivity index (χ1v) is 9.25. The second kappa shape index (κ2) is 8.84. The molecule has 0 radical (unpaired) electrons. The number of rotatable bonds is 8. The summed E-state index contributed by atoms with van der Waals surface area (Å²) in [6.45, 7) is 3.78. The maximum Gasteiger partial charge on any atom is 0.241 e. The van der Waals surface area contributed by atoms with Gasteiger partial charge in [0.2, 0.25) is 5.91 Å². The molecule has 1 heterocycles. The van der Waals surface area contributed by atoms with Crippen molar-refractivity contribution >= 4 is 34.1 Å². The number of hydrogen-bond acceptors (Lipinski definition) is 5. The second-order valence-electron chi connectivity index (χ2n) is 5.10. The van der Waals surface area contributed by atoms with Gasteiger partial charge in [0.1, 0.15) is 16.8 Å². The lowest BCUT2D eigenvalue weighted by molar-refractivity contribution is -0.115. The van der Waals surface area contributed by atoms with Crippen molar-refractivity contribution < 1.29 is 18.3 Å². The zero-order valence-electron chi connectivity index (χ0n) is 13.5. The maximum atomic E-state index is 12.4. The zero-order valence-corrected chi connectivity index (χ0v) is 15.0. The fourth-order valence-corrected chi connectivity index (χ4v) is 3.45. The summed E-state index contributed by atoms with van der Waals surface area (Å²) in [5, 5.41) is 6.25. The van der Waals surface area contributed by atoms with E-state index in [1.807, 2.05) is 6.92 Å². The molecule has 8 heteroatoms. The van der Waals surface area contributed by atoms with E-state index in [0.29, 0.717) is 28.8 Å². The van der Waals surface area contributed by atoms with Crippen LogP contribution in [-0.4, -0.2) is 32.9 Å². The van der Waals surface area contributed by atoms with E-state index in [0.717, 1.165) is 0 Å². The monoisotopic (exact) mass is 370 g/mol. The molecule has 0 aliphatic heterocycles. The van der Waals surface area contributed by atoms with Crippen LogP contribution < -0.4 is 10.1 Å². The maximum absolute atomic E-state index is 12.4. The van der Waals surface area contributed by atoms with Crippen molar-refractivity contribution in [1.29, 1.82) is 0 Å². The average molecular weight is 371 g/mol. The summed E-state index contributed by atoms with van der Waals surface area (Å²) < 4.78 is 22.8. The van der Waals surface area contributed by atoms with Gasteiger partial charge in [-0.05, 0) is 31.5 Å². The van der Waals surface area contributed by atoms with Gasteiger partial charge in [0, 0.05) is 21.9 Å². The third-order valence-electron chi connectivity index (χ3n) is 3.21. The normalized spacial score (nSPS) is 13.3. The van der Waals surface area contributed by atoms with E-state index >= 15 is 0 Å². The predicted molar refractivity (Wildman–Crippen MR) is 93.9 cm³/mol. The first-order chi connectivity index (χ1) is 11.5. The molecule has 0 unspecified atom stereocenters. The largest absolute Gasteiger partial charge is 0.493 e. The minimum Gasteiger partial charge on any atom is -0.493 e. The van der Waals surface area contributed by atoms with Gasteiger partial charge in [-0.15, -0.1) is 0 Å². The smallest absolute Gasteiger partial charge is 0.241 e. The zero-order chi connectivity index (χ0) is 17.5. The lowest BCUT2D eigenvalue weighted by Crippen LogP contribution is -2.33. The molecule has 2 rings (SSSR count). The van der Waals surface area contributed by atoms with Crippen LogP contribution in [0.25, 0.3) is 0 Å². The number of hydrogen-bond donors (Lipinski definition) is 1. The molecule has 0 aliphatic rings. The Morgan fingerprint density at radius 2 is 2.25 bits per heavy atom. The van der Waals surface area contributed by atoms with Gasteiger partial charge in [-0.1, -0.05) is 29.7 Å². The van der Waals surface area contributed by atoms with E-state index in [-0.39, 0.29) is 18.3 Å². The van der Waals surface area contributed by atoms with Gasteiger partial charge < -0.3 is 14.6 Å². The van der Waals surface area contributed by atoms with E-state index in [9.17, 15) is 9.00 Å². The number of carbonyl (C=O) groups is 1. The minimum absolute atomic E-state index is 0.236. The van der Waals surface area contributed by atoms with E-state index in [1.165, 1.54) is 0 Å². The minimum atomic E-state index is -1.36. The van der Waals surface area contributed by atoms with Gasteiger partial charge in [0.25, 0.3) is 0 Å². The molecule has 0 aliphatic carbocycles. The first kappa shape index (κ1) is 18.5. The summed E-state index contributed by atoms with van der Waals surface area (Å²) >= 11 is 5.87. The highest BCUT2D eigenvalue weighted by molar-refractivity contribution is 7.86. The van der Waals surface area contributed by atoms with Crippen LogP contribution in [0.15, 0.2) is 34.9 Å². The van der Waals surface area contributed by atoms with Crippen LogP contribution in [0.4, 0.5) is 5.82 Å². The fraction of sp³-hybridized carbons (Fsp3) is 0.375. The van der Waals surface area contributed by atoms with Gasteiger partial charge in [0.15, 0.2) is 5.82 Å². The average Bonchev–Trinajstić information content (AvgIpc) is 2.93. The van der Waals surface area contributed by atoms with Gasteiger partial charge >= 0.3 is 0 Å². The van der Waals surface area contributed by atoms with Crippen LogP contribution in [0, 0.1) is 6.92 Å². The molecule has 6 nitrogen and oxygen atoms in total. The Morgan fingerprint density at radius 1 is 1.46 bits per heavy atom. The van der Waals surface area contributed by atoms with Gasteiger partial charge in [-0.3, -0.25) is 9.00 Å². The lowest BCUT2D eigenvalue weighted by atomic mass is 10.3. The number of halogens is 1. The topological polar surface area (TPSA) is 81.4 Å². The Balaban J connectivity index is 1.85. The van der Waals surface area contributed by atoms with Crippen molar-refractivity contribution in [3.05, 3.63) is 41.1 Å². The molecule has 1 amide bonds. The number of nitrogens with one attached hydrogen (secondary N) is 1. The van der Waals surface area contributed by atoms with Gasteiger partial charge in [-0.2, -0.15) is 0 Å². The summed E-state index contributed by atoms with van der Waals surface area (Å²) in [6, 6.07) is 8.58. The Morgan fingerprint density at radius 3 is 2.88 bits per heavy atom. The standard InChI is InChI=1S/C16H19ClN2O4S/c1-3-14(16(20)18-15-9-11(2)23-19-15)24(21)8-7-22-13-6-4-5-12(17)10-13/h4-6,9-10,14H,3,7-8H2,1-2H3,(H,18,19,20)/t14-,24+/m0/s1. The molecule has 1 N–H and O–H groups in total. The number of aromatic nitrogens is 1. The van der Waals surface area contributed by atoms with E-state index < -0.39 is 16.0 Å². The number of benzene rings is 1. The van der Waals surface area contributed by atoms with Crippen LogP contribution in [0.5, 0.6) is 5.75 Å². The molecule has 24 heavy (non-hydrogen) atoms. The molecule has 1 aromatic carbocycles. The van der Waals surface area contributed by atoms with Crippen molar-refractivity contribution in [3.8, 4) is 5.75 Å². The molecule has 130 valence electrons. The summed E-state index contributed by atoms with van der Waals surface area (Å²) in [5.74, 6) is 1.43. The number of anilines is 1. The summed E-state index contributed by atoms with van der Waals surface area (Å²) in [4.78, 5) is 12.2. The molecule has 2 aromatic rings. The van der Waals surface area contributed by atoms with Crippen molar-refractivity contribution in [2.24, 2.45) is 0 Å². The fourth-order valence-electron chi connectivity index (χ4n) is 2.06. The second-order valence-corrected chi connectivity index (χ2v) is 7.27. The summed E-state index contributed by atoms with van der Waals surface area (Å²) in [6.07, 6.45) is 0.451. The number of nitrogens with zero attached hydrogens (tertiary/aromatic N) is 1. The molecular formula is C16H19ClN2O4S. The number of aryl methyl sites for hydroxylation is 1. The van der Waals surface area contributed by atoms with E-state index in [4.69, 9.17) is 20.9 Å². The van der Waals surface area contributed by atoms with E-state index in [2.05, 4.69) is 10.5 Å². The predicted octanol–water partition coefficient (Wildman–Crippen LogP) is 3.18. The molecule has 0 saturated heterocycles. The Kier molecular flexibility index (Phi) is 6.81. The Hall–Kier alpha value is -1.86. The molecule has 0 saturated carbocycles. The SMILES string of the molecule is CC[C@@H](C(=O)Nc1cc(C)on1)[S@](=O)CCOc1cccc(Cl)c1. The number of ether oxygens (including phenoxy) is 1.